The van der Waals surface area contributed by atoms with Crippen molar-refractivity contribution < 1.29 is 17.5 Å². The number of ether oxygens (including phenoxy) is 1. The molecular weight excluding hydrogens is 319 g/mol. The summed E-state index contributed by atoms with van der Waals surface area (Å²) in [5.41, 5.74) is 0. The van der Waals surface area contributed by atoms with E-state index in [2.05, 4.69) is 4.90 Å². The third kappa shape index (κ3) is 3.28. The lowest BCUT2D eigenvalue weighted by Gasteiger charge is -2.51. The van der Waals surface area contributed by atoms with Crippen LogP contribution < -0.4 is 0 Å². The van der Waals surface area contributed by atoms with Crippen LogP contribution in [0.1, 0.15) is 19.3 Å². The molecule has 2 atom stereocenters. The molecular formula is C16H23FN2O3S. The van der Waals surface area contributed by atoms with E-state index in [1.807, 2.05) is 0 Å². The maximum absolute atomic E-state index is 13.9. The van der Waals surface area contributed by atoms with Crippen molar-refractivity contribution in [1.29, 1.82) is 0 Å². The minimum Gasteiger partial charge on any atom is -0.383 e. The molecule has 0 spiro atoms. The Balaban J connectivity index is 1.79. The Morgan fingerprint density at radius 2 is 2.00 bits per heavy atom. The number of nitrogens with zero attached hydrogens (tertiary/aromatic N) is 2. The van der Waals surface area contributed by atoms with Gasteiger partial charge in [-0.05, 0) is 37.9 Å². The molecule has 0 radical (unpaired) electrons. The number of hydrogen-bond acceptors (Lipinski definition) is 4. The monoisotopic (exact) mass is 342 g/mol. The van der Waals surface area contributed by atoms with E-state index in [1.165, 1.54) is 22.5 Å². The summed E-state index contributed by atoms with van der Waals surface area (Å²) >= 11 is 0. The summed E-state index contributed by atoms with van der Waals surface area (Å²) in [5, 5.41) is 0. The molecule has 7 heteroatoms. The average molecular weight is 342 g/mol. The Morgan fingerprint density at radius 3 is 2.74 bits per heavy atom. The van der Waals surface area contributed by atoms with Crippen LogP contribution in [0.15, 0.2) is 29.2 Å². The van der Waals surface area contributed by atoms with E-state index >= 15 is 0 Å². The van der Waals surface area contributed by atoms with Crippen LogP contribution in [0.25, 0.3) is 0 Å². The molecule has 0 aromatic heterocycles. The highest BCUT2D eigenvalue weighted by Crippen LogP contribution is 2.31. The minimum absolute atomic E-state index is 0.206. The van der Waals surface area contributed by atoms with Crippen molar-refractivity contribution in [3.63, 3.8) is 0 Å². The van der Waals surface area contributed by atoms with Gasteiger partial charge in [0.05, 0.1) is 6.61 Å². The van der Waals surface area contributed by atoms with Crippen LogP contribution >= 0.6 is 0 Å². The van der Waals surface area contributed by atoms with Gasteiger partial charge in [-0.1, -0.05) is 12.1 Å². The number of methoxy groups -OCH3 is 1. The van der Waals surface area contributed by atoms with Gasteiger partial charge in [-0.2, -0.15) is 4.31 Å². The molecule has 0 unspecified atom stereocenters. The molecule has 0 N–H and O–H groups in total. The smallest absolute Gasteiger partial charge is 0.246 e. The summed E-state index contributed by atoms with van der Waals surface area (Å²) in [6.45, 7) is 2.54. The van der Waals surface area contributed by atoms with Gasteiger partial charge in [0, 0.05) is 32.3 Å². The van der Waals surface area contributed by atoms with Gasteiger partial charge < -0.3 is 4.74 Å². The van der Waals surface area contributed by atoms with Gasteiger partial charge in [0.1, 0.15) is 10.7 Å². The van der Waals surface area contributed by atoms with Gasteiger partial charge in [-0.15, -0.1) is 0 Å². The van der Waals surface area contributed by atoms with E-state index in [4.69, 9.17) is 4.74 Å². The lowest BCUT2D eigenvalue weighted by atomic mass is 9.91. The largest absolute Gasteiger partial charge is 0.383 e. The van der Waals surface area contributed by atoms with Crippen LogP contribution in [0, 0.1) is 5.82 Å². The molecule has 2 saturated heterocycles. The molecule has 0 bridgehead atoms. The van der Waals surface area contributed by atoms with Gasteiger partial charge in [-0.3, -0.25) is 4.90 Å². The van der Waals surface area contributed by atoms with Crippen LogP contribution in [0.3, 0.4) is 0 Å². The molecule has 0 amide bonds. The van der Waals surface area contributed by atoms with Crippen molar-refractivity contribution in [1.82, 2.24) is 9.21 Å². The molecule has 0 saturated carbocycles. The average Bonchev–Trinajstić information content (AvgIpc) is 2.49. The molecule has 5 nitrogen and oxygen atoms in total. The van der Waals surface area contributed by atoms with Crippen molar-refractivity contribution in [2.75, 3.05) is 33.4 Å². The first kappa shape index (κ1) is 16.8. The highest BCUT2D eigenvalue weighted by atomic mass is 32.2. The molecule has 2 aliphatic heterocycles. The zero-order chi connectivity index (χ0) is 16.4. The summed E-state index contributed by atoms with van der Waals surface area (Å²) in [6, 6.07) is 6.18. The maximum atomic E-state index is 13.9. The fourth-order valence-electron chi connectivity index (χ4n) is 3.57. The predicted octanol–water partition coefficient (Wildman–Crippen LogP) is 1.70. The Bertz CT molecular complexity index is 652. The van der Waals surface area contributed by atoms with E-state index in [1.54, 1.807) is 13.2 Å². The van der Waals surface area contributed by atoms with Crippen LogP contribution in [0.4, 0.5) is 4.39 Å². The van der Waals surface area contributed by atoms with E-state index in [9.17, 15) is 12.8 Å². The Kier molecular flexibility index (Phi) is 5.01. The van der Waals surface area contributed by atoms with Gasteiger partial charge >= 0.3 is 0 Å². The molecule has 1 aromatic carbocycles. The molecule has 128 valence electrons. The first-order valence-corrected chi connectivity index (χ1v) is 9.47. The second kappa shape index (κ2) is 6.84. The van der Waals surface area contributed by atoms with Crippen LogP contribution in [-0.4, -0.2) is 63.1 Å². The second-order valence-corrected chi connectivity index (χ2v) is 8.14. The number of sulfonamides is 1. The fraction of sp³-hybridized carbons (Fsp3) is 0.625. The Labute approximate surface area is 137 Å². The number of hydrogen-bond donors (Lipinski definition) is 0. The van der Waals surface area contributed by atoms with Crippen LogP contribution in [0.2, 0.25) is 0 Å². The van der Waals surface area contributed by atoms with Gasteiger partial charge in [-0.25, -0.2) is 12.8 Å². The second-order valence-electron chi connectivity index (χ2n) is 6.24. The first-order chi connectivity index (χ1) is 11.0. The minimum atomic E-state index is -3.78. The van der Waals surface area contributed by atoms with E-state index < -0.39 is 15.8 Å². The lowest BCUT2D eigenvalue weighted by Crippen LogP contribution is -2.62. The van der Waals surface area contributed by atoms with Crippen molar-refractivity contribution in [3.8, 4) is 0 Å². The van der Waals surface area contributed by atoms with Crippen LogP contribution in [-0.2, 0) is 14.8 Å². The first-order valence-electron chi connectivity index (χ1n) is 8.03. The van der Waals surface area contributed by atoms with Crippen LogP contribution in [0.5, 0.6) is 0 Å². The summed E-state index contributed by atoms with van der Waals surface area (Å²) in [5.74, 6) is -0.683. The molecule has 2 heterocycles. The molecule has 23 heavy (non-hydrogen) atoms. The standard InChI is InChI=1S/C16H23FN2O3S/c1-22-12-14-10-13-11-18(8-4-5-9-19(13)14)23(20,21)16-7-3-2-6-15(16)17/h2-3,6-7,13-14H,4-5,8-12H2,1H3/t13-,14+/m1/s1. The summed E-state index contributed by atoms with van der Waals surface area (Å²) in [4.78, 5) is 2.10. The van der Waals surface area contributed by atoms with E-state index in [-0.39, 0.29) is 10.9 Å². The van der Waals surface area contributed by atoms with Gasteiger partial charge in [0.2, 0.25) is 10.0 Å². The predicted molar refractivity (Wildman–Crippen MR) is 85.2 cm³/mol. The van der Waals surface area contributed by atoms with Crippen molar-refractivity contribution in [3.05, 3.63) is 30.1 Å². The third-order valence-electron chi connectivity index (χ3n) is 4.78. The highest BCUT2D eigenvalue weighted by Gasteiger charge is 2.41. The maximum Gasteiger partial charge on any atom is 0.246 e. The Hall–Kier alpha value is -1.02. The van der Waals surface area contributed by atoms with Gasteiger partial charge in [0.25, 0.3) is 0 Å². The number of rotatable bonds is 4. The molecule has 3 rings (SSSR count). The topological polar surface area (TPSA) is 49.9 Å². The van der Waals surface area contributed by atoms with Crippen molar-refractivity contribution in [2.45, 2.75) is 36.2 Å². The zero-order valence-electron chi connectivity index (χ0n) is 13.3. The molecule has 1 aromatic rings. The third-order valence-corrected chi connectivity index (χ3v) is 6.68. The zero-order valence-corrected chi connectivity index (χ0v) is 14.1. The van der Waals surface area contributed by atoms with Crippen molar-refractivity contribution in [2.24, 2.45) is 0 Å². The van der Waals surface area contributed by atoms with Gasteiger partial charge in [0.15, 0.2) is 0 Å². The van der Waals surface area contributed by atoms with Crippen molar-refractivity contribution >= 4 is 10.0 Å². The summed E-state index contributed by atoms with van der Waals surface area (Å²) < 4.78 is 46.2. The normalized spacial score (nSPS) is 26.9. The summed E-state index contributed by atoms with van der Waals surface area (Å²) in [7, 11) is -2.10. The number of benzene rings is 1. The molecule has 0 aliphatic carbocycles. The lowest BCUT2D eigenvalue weighted by molar-refractivity contribution is -0.0402. The van der Waals surface area contributed by atoms with E-state index in [0.717, 1.165) is 25.8 Å². The molecule has 2 aliphatic rings. The number of fused-ring (bicyclic) bond motifs is 1. The van der Waals surface area contributed by atoms with E-state index in [0.29, 0.717) is 25.7 Å². The highest BCUT2D eigenvalue weighted by molar-refractivity contribution is 7.89. The quantitative estimate of drug-likeness (QED) is 0.836. The Morgan fingerprint density at radius 1 is 1.26 bits per heavy atom. The SMILES string of the molecule is COC[C@@H]1C[C@@H]2CN(S(=O)(=O)c3ccccc3F)CCCCN12. The fourth-order valence-corrected chi connectivity index (χ4v) is 5.15. The number of halogens is 1. The summed E-state index contributed by atoms with van der Waals surface area (Å²) in [6.07, 6.45) is 2.66. The molecule has 2 fully saturated rings.